The molecule has 0 bridgehead atoms. The minimum Gasteiger partial charge on any atom is -0.366 e. The van der Waals surface area contributed by atoms with E-state index in [1.165, 1.54) is 0 Å². The number of nitrogens with zero attached hydrogens (tertiary/aromatic N) is 5. The average molecular weight is 503 g/mol. The van der Waals surface area contributed by atoms with Crippen LogP contribution in [0, 0.1) is 0 Å². The topological polar surface area (TPSA) is 106 Å². The lowest BCUT2D eigenvalue weighted by molar-refractivity contribution is -0.122. The van der Waals surface area contributed by atoms with Gasteiger partial charge in [0.2, 0.25) is 5.91 Å². The molecule has 0 saturated carbocycles. The van der Waals surface area contributed by atoms with Crippen LogP contribution < -0.4 is 10.2 Å². The molecule has 1 aromatic carbocycles. The van der Waals surface area contributed by atoms with Gasteiger partial charge < -0.3 is 4.90 Å². The third-order valence-electron chi connectivity index (χ3n) is 6.13. The Hall–Kier alpha value is -3.21. The summed E-state index contributed by atoms with van der Waals surface area (Å²) in [6.45, 7) is 3.53. The van der Waals surface area contributed by atoms with Crippen molar-refractivity contribution in [2.45, 2.75) is 13.0 Å². The van der Waals surface area contributed by atoms with E-state index in [4.69, 9.17) is 23.2 Å². The number of hydrogen-bond donors (Lipinski definition) is 1. The molecule has 176 valence electrons. The van der Waals surface area contributed by atoms with E-state index in [2.05, 4.69) is 20.1 Å². The van der Waals surface area contributed by atoms with Gasteiger partial charge in [-0.05, 0) is 17.7 Å². The Bertz CT molecular complexity index is 1190. The molecule has 2 saturated heterocycles. The van der Waals surface area contributed by atoms with Gasteiger partial charge in [0, 0.05) is 51.5 Å². The van der Waals surface area contributed by atoms with E-state index in [0.717, 1.165) is 47.4 Å². The first kappa shape index (κ1) is 22.6. The SMILES string of the molecule is O=C1CCN(N2C(=O)c3ccc(CN4CCN(c5c(Cl)cncc5Cl)CC4)cc3C2=O)C(=O)N1. The third-order valence-corrected chi connectivity index (χ3v) is 6.68. The summed E-state index contributed by atoms with van der Waals surface area (Å²) in [5.41, 5.74) is 2.16. The van der Waals surface area contributed by atoms with Crippen LogP contribution in [0.25, 0.3) is 0 Å². The molecule has 0 atom stereocenters. The van der Waals surface area contributed by atoms with Crippen LogP contribution in [-0.4, -0.2) is 76.4 Å². The standard InChI is InChI=1S/C22H20Cl2N6O4/c23-16-10-25-11-17(24)19(16)28-7-5-27(6-8-28)12-13-1-2-14-15(9-13)21(33)30(20(14)32)29-4-3-18(31)26-22(29)34/h1-2,9-11H,3-8,12H2,(H,26,31,34). The number of imide groups is 2. The maximum absolute atomic E-state index is 13.0. The summed E-state index contributed by atoms with van der Waals surface area (Å²) in [4.78, 5) is 57.7. The van der Waals surface area contributed by atoms with Crippen molar-refractivity contribution in [3.8, 4) is 0 Å². The fourth-order valence-electron chi connectivity index (χ4n) is 4.43. The first-order chi connectivity index (χ1) is 16.3. The number of benzene rings is 1. The van der Waals surface area contributed by atoms with Gasteiger partial charge in [0.15, 0.2) is 0 Å². The number of carbonyl (C=O) groups excluding carboxylic acids is 4. The first-order valence-electron chi connectivity index (χ1n) is 10.7. The van der Waals surface area contributed by atoms with Gasteiger partial charge in [0.05, 0.1) is 33.4 Å². The van der Waals surface area contributed by atoms with Crippen LogP contribution in [0.1, 0.15) is 32.7 Å². The number of hydrazine groups is 1. The van der Waals surface area contributed by atoms with Gasteiger partial charge in [-0.1, -0.05) is 29.3 Å². The average Bonchev–Trinajstić information content (AvgIpc) is 3.05. The van der Waals surface area contributed by atoms with E-state index in [-0.39, 0.29) is 24.1 Å². The molecule has 0 radical (unpaired) electrons. The maximum atomic E-state index is 13.0. The third kappa shape index (κ3) is 3.97. The maximum Gasteiger partial charge on any atom is 0.343 e. The van der Waals surface area contributed by atoms with Crippen LogP contribution in [0.4, 0.5) is 10.5 Å². The molecule has 5 rings (SSSR count). The summed E-state index contributed by atoms with van der Waals surface area (Å²) in [7, 11) is 0. The van der Waals surface area contributed by atoms with Crippen LogP contribution in [-0.2, 0) is 11.3 Å². The molecular weight excluding hydrogens is 483 g/mol. The number of aromatic nitrogens is 1. The van der Waals surface area contributed by atoms with Gasteiger partial charge in [0.1, 0.15) is 0 Å². The van der Waals surface area contributed by atoms with E-state index < -0.39 is 23.8 Å². The predicted molar refractivity (Wildman–Crippen MR) is 124 cm³/mol. The van der Waals surface area contributed by atoms with Crippen LogP contribution in [0.5, 0.6) is 0 Å². The van der Waals surface area contributed by atoms with E-state index in [1.807, 2.05) is 6.07 Å². The molecule has 5 amide bonds. The van der Waals surface area contributed by atoms with Gasteiger partial charge in [0.25, 0.3) is 11.8 Å². The number of anilines is 1. The number of rotatable bonds is 4. The predicted octanol–water partition coefficient (Wildman–Crippen LogP) is 2.16. The van der Waals surface area contributed by atoms with Crippen molar-refractivity contribution >= 4 is 52.6 Å². The minimum atomic E-state index is -0.779. The highest BCUT2D eigenvalue weighted by Gasteiger charge is 2.43. The van der Waals surface area contributed by atoms with Crippen LogP contribution in [0.3, 0.4) is 0 Å². The summed E-state index contributed by atoms with van der Waals surface area (Å²) in [5, 5.41) is 4.96. The highest BCUT2D eigenvalue weighted by molar-refractivity contribution is 6.38. The number of nitrogens with one attached hydrogen (secondary N) is 1. The highest BCUT2D eigenvalue weighted by atomic mass is 35.5. The van der Waals surface area contributed by atoms with Gasteiger partial charge >= 0.3 is 6.03 Å². The van der Waals surface area contributed by atoms with Gasteiger partial charge in [-0.25, -0.2) is 9.80 Å². The molecule has 2 aromatic rings. The van der Waals surface area contributed by atoms with Crippen LogP contribution in [0.2, 0.25) is 10.0 Å². The second kappa shape index (κ2) is 8.86. The Morgan fingerprint density at radius 1 is 0.882 bits per heavy atom. The smallest absolute Gasteiger partial charge is 0.343 e. The molecule has 0 unspecified atom stereocenters. The molecule has 0 spiro atoms. The molecule has 10 nitrogen and oxygen atoms in total. The number of pyridine rings is 1. The van der Waals surface area contributed by atoms with Crippen molar-refractivity contribution in [2.75, 3.05) is 37.6 Å². The first-order valence-corrected chi connectivity index (χ1v) is 11.5. The summed E-state index contributed by atoms with van der Waals surface area (Å²) in [6, 6.07) is 4.35. The van der Waals surface area contributed by atoms with Crippen LogP contribution >= 0.6 is 23.2 Å². The molecule has 12 heteroatoms. The lowest BCUT2D eigenvalue weighted by Crippen LogP contribution is -2.58. The summed E-state index contributed by atoms with van der Waals surface area (Å²) in [6.07, 6.45) is 3.17. The second-order valence-electron chi connectivity index (χ2n) is 8.24. The van der Waals surface area contributed by atoms with Crippen molar-refractivity contribution in [1.82, 2.24) is 25.2 Å². The monoisotopic (exact) mass is 502 g/mol. The van der Waals surface area contributed by atoms with E-state index >= 15 is 0 Å². The fraction of sp³-hybridized carbons (Fsp3) is 0.318. The van der Waals surface area contributed by atoms with Crippen molar-refractivity contribution in [2.24, 2.45) is 0 Å². The van der Waals surface area contributed by atoms with Crippen molar-refractivity contribution in [3.63, 3.8) is 0 Å². The Morgan fingerprint density at radius 3 is 2.24 bits per heavy atom. The summed E-state index contributed by atoms with van der Waals surface area (Å²) in [5.74, 6) is -1.58. The summed E-state index contributed by atoms with van der Waals surface area (Å²) < 4.78 is 0. The molecular formula is C22H20Cl2N6O4. The van der Waals surface area contributed by atoms with Crippen molar-refractivity contribution < 1.29 is 19.2 Å². The highest BCUT2D eigenvalue weighted by Crippen LogP contribution is 2.33. The lowest BCUT2D eigenvalue weighted by Gasteiger charge is -2.36. The Morgan fingerprint density at radius 2 is 1.56 bits per heavy atom. The number of halogens is 2. The number of hydrogen-bond acceptors (Lipinski definition) is 7. The minimum absolute atomic E-state index is 0.0201. The van der Waals surface area contributed by atoms with Crippen molar-refractivity contribution in [1.29, 1.82) is 0 Å². The Labute approximate surface area is 205 Å². The summed E-state index contributed by atoms with van der Waals surface area (Å²) >= 11 is 12.6. The molecule has 3 aliphatic rings. The molecule has 1 N–H and O–H groups in total. The quantitative estimate of drug-likeness (QED) is 0.638. The normalized spacial score (nSPS) is 19.1. The number of piperazine rings is 1. The van der Waals surface area contributed by atoms with E-state index in [1.54, 1.807) is 24.5 Å². The molecule has 2 fully saturated rings. The zero-order chi connectivity index (χ0) is 24.0. The van der Waals surface area contributed by atoms with Gasteiger partial charge in [-0.2, -0.15) is 5.01 Å². The lowest BCUT2D eigenvalue weighted by atomic mass is 10.1. The molecule has 0 aliphatic carbocycles. The molecule has 34 heavy (non-hydrogen) atoms. The fourth-order valence-corrected chi connectivity index (χ4v) is 5.04. The van der Waals surface area contributed by atoms with E-state index in [0.29, 0.717) is 16.6 Å². The molecule has 4 heterocycles. The number of amides is 5. The number of urea groups is 1. The van der Waals surface area contributed by atoms with Crippen LogP contribution in [0.15, 0.2) is 30.6 Å². The zero-order valence-electron chi connectivity index (χ0n) is 18.0. The van der Waals surface area contributed by atoms with Gasteiger partial charge in [-0.3, -0.25) is 29.6 Å². The largest absolute Gasteiger partial charge is 0.366 e. The van der Waals surface area contributed by atoms with Gasteiger partial charge in [-0.15, -0.1) is 0 Å². The molecule has 1 aromatic heterocycles. The van der Waals surface area contributed by atoms with Crippen molar-refractivity contribution in [3.05, 3.63) is 57.3 Å². The number of fused-ring (bicyclic) bond motifs is 1. The molecule has 3 aliphatic heterocycles. The second-order valence-corrected chi connectivity index (χ2v) is 9.06. The number of carbonyl (C=O) groups is 4. The zero-order valence-corrected chi connectivity index (χ0v) is 19.5. The Balaban J connectivity index is 1.26. The van der Waals surface area contributed by atoms with E-state index in [9.17, 15) is 19.2 Å². The Kier molecular flexibility index (Phi) is 5.88.